The maximum Gasteiger partial charge on any atom is 0.430 e. The van der Waals surface area contributed by atoms with Crippen molar-refractivity contribution in [2.45, 2.75) is 43.9 Å². The number of unbranched alkanes of at least 4 members (excludes halogenated alkanes) is 1. The molecule has 1 atom stereocenters. The van der Waals surface area contributed by atoms with Gasteiger partial charge in [0.25, 0.3) is 17.4 Å². The standard InChI is InChI=1S/C28H33F3N4O5/c1-34(2)25(36)22-10-11-24(33-23(22)18-32)40-16-5-4-7-19-12-14-35(15-13-19)26(37)27(38,28(29,30)31)20-8-6-9-21(17-20)39-3/h6,8-11,17,19,38H,4-5,7,12-16H2,1-3H3/t27-/m1/s1. The molecule has 1 aliphatic heterocycles. The first-order valence-corrected chi connectivity index (χ1v) is 12.9. The van der Waals surface area contributed by atoms with E-state index in [-0.39, 0.29) is 47.8 Å². The number of ether oxygens (including phenoxy) is 2. The quantitative estimate of drug-likeness (QED) is 0.437. The molecule has 0 bridgehead atoms. The molecular weight excluding hydrogens is 529 g/mol. The van der Waals surface area contributed by atoms with Crippen LogP contribution in [0, 0.1) is 17.2 Å². The molecule has 2 aromatic rings. The highest BCUT2D eigenvalue weighted by atomic mass is 19.4. The number of rotatable bonds is 10. The molecule has 0 saturated carbocycles. The van der Waals surface area contributed by atoms with Crippen LogP contribution in [0.2, 0.25) is 0 Å². The number of nitrogens with zero attached hydrogens (tertiary/aromatic N) is 4. The Morgan fingerprint density at radius 3 is 2.48 bits per heavy atom. The fourth-order valence-electron chi connectivity index (χ4n) is 4.64. The summed E-state index contributed by atoms with van der Waals surface area (Å²) in [6, 6.07) is 9.78. The summed E-state index contributed by atoms with van der Waals surface area (Å²) in [5.74, 6) is -1.14. The van der Waals surface area contributed by atoms with E-state index in [9.17, 15) is 33.1 Å². The number of benzene rings is 1. The Morgan fingerprint density at radius 2 is 1.88 bits per heavy atom. The van der Waals surface area contributed by atoms with Crippen molar-refractivity contribution in [1.82, 2.24) is 14.8 Å². The normalized spacial score (nSPS) is 15.6. The molecule has 9 nitrogen and oxygen atoms in total. The summed E-state index contributed by atoms with van der Waals surface area (Å²) < 4.78 is 52.6. The third kappa shape index (κ3) is 6.83. The second kappa shape index (κ2) is 13.0. The van der Waals surface area contributed by atoms with Crippen LogP contribution in [0.4, 0.5) is 13.2 Å². The summed E-state index contributed by atoms with van der Waals surface area (Å²) in [6.45, 7) is 0.567. The fraction of sp³-hybridized carbons (Fsp3) is 0.500. The number of alkyl halides is 3. The van der Waals surface area contributed by atoms with Crippen LogP contribution in [0.3, 0.4) is 0 Å². The number of halogens is 3. The lowest BCUT2D eigenvalue weighted by Gasteiger charge is -2.38. The maximum atomic E-state index is 14.0. The topological polar surface area (TPSA) is 116 Å². The van der Waals surface area contributed by atoms with Crippen LogP contribution in [-0.4, -0.2) is 78.8 Å². The van der Waals surface area contributed by atoms with E-state index in [2.05, 4.69) is 4.98 Å². The molecule has 12 heteroatoms. The zero-order valence-electron chi connectivity index (χ0n) is 22.7. The number of nitriles is 1. The van der Waals surface area contributed by atoms with E-state index in [4.69, 9.17) is 9.47 Å². The molecule has 0 unspecified atom stereocenters. The lowest BCUT2D eigenvalue weighted by Crippen LogP contribution is -2.57. The van der Waals surface area contributed by atoms with Crippen molar-refractivity contribution in [2.75, 3.05) is 40.9 Å². The van der Waals surface area contributed by atoms with Gasteiger partial charge in [-0.25, -0.2) is 4.98 Å². The van der Waals surface area contributed by atoms with E-state index in [1.807, 2.05) is 6.07 Å². The third-order valence-electron chi connectivity index (χ3n) is 6.98. The first kappa shape index (κ1) is 30.7. The monoisotopic (exact) mass is 562 g/mol. The van der Waals surface area contributed by atoms with Gasteiger partial charge in [-0.2, -0.15) is 18.4 Å². The minimum Gasteiger partial charge on any atom is -0.497 e. The molecule has 216 valence electrons. The van der Waals surface area contributed by atoms with Gasteiger partial charge in [-0.1, -0.05) is 18.6 Å². The first-order valence-electron chi connectivity index (χ1n) is 12.9. The smallest absolute Gasteiger partial charge is 0.430 e. The Hall–Kier alpha value is -3.85. The number of amides is 2. The molecule has 1 aromatic carbocycles. The minimum absolute atomic E-state index is 0.0127. The number of carbonyl (C=O) groups excluding carboxylic acids is 2. The molecule has 1 saturated heterocycles. The Bertz CT molecular complexity index is 1240. The molecule has 2 amide bonds. The van der Waals surface area contributed by atoms with Crippen molar-refractivity contribution in [3.05, 3.63) is 53.2 Å². The van der Waals surface area contributed by atoms with E-state index in [0.717, 1.165) is 29.9 Å². The zero-order valence-corrected chi connectivity index (χ0v) is 22.7. The van der Waals surface area contributed by atoms with Crippen LogP contribution in [-0.2, 0) is 10.4 Å². The van der Waals surface area contributed by atoms with Crippen LogP contribution >= 0.6 is 0 Å². The number of hydrogen-bond donors (Lipinski definition) is 1. The number of hydrogen-bond acceptors (Lipinski definition) is 7. The highest BCUT2D eigenvalue weighted by molar-refractivity contribution is 5.95. The van der Waals surface area contributed by atoms with Gasteiger partial charge in [-0.3, -0.25) is 9.59 Å². The van der Waals surface area contributed by atoms with Gasteiger partial charge in [0, 0.05) is 38.8 Å². The van der Waals surface area contributed by atoms with Gasteiger partial charge < -0.3 is 24.4 Å². The summed E-state index contributed by atoms with van der Waals surface area (Å²) in [4.78, 5) is 31.7. The van der Waals surface area contributed by atoms with Crippen LogP contribution in [0.25, 0.3) is 0 Å². The fourth-order valence-corrected chi connectivity index (χ4v) is 4.64. The van der Waals surface area contributed by atoms with Gasteiger partial charge >= 0.3 is 6.18 Å². The lowest BCUT2D eigenvalue weighted by atomic mass is 9.87. The van der Waals surface area contributed by atoms with Gasteiger partial charge in [-0.05, 0) is 49.8 Å². The minimum atomic E-state index is -5.21. The predicted octanol–water partition coefficient (Wildman–Crippen LogP) is 3.90. The highest BCUT2D eigenvalue weighted by Crippen LogP contribution is 2.42. The van der Waals surface area contributed by atoms with E-state index >= 15 is 0 Å². The van der Waals surface area contributed by atoms with E-state index in [1.165, 1.54) is 36.3 Å². The second-order valence-electron chi connectivity index (χ2n) is 9.88. The average molecular weight is 563 g/mol. The van der Waals surface area contributed by atoms with Crippen molar-refractivity contribution in [2.24, 2.45) is 5.92 Å². The molecule has 40 heavy (non-hydrogen) atoms. The van der Waals surface area contributed by atoms with Gasteiger partial charge in [0.15, 0.2) is 5.69 Å². The number of pyridine rings is 1. The SMILES string of the molecule is COc1cccc([C@@](O)(C(=O)N2CCC(CCCCOc3ccc(C(=O)N(C)C)c(C#N)n3)CC2)C(F)(F)F)c1. The Kier molecular flexibility index (Phi) is 9.98. The second-order valence-corrected chi connectivity index (χ2v) is 9.88. The molecule has 0 radical (unpaired) electrons. The van der Waals surface area contributed by atoms with Gasteiger partial charge in [0.05, 0.1) is 19.3 Å². The number of aromatic nitrogens is 1. The van der Waals surface area contributed by atoms with Crippen LogP contribution < -0.4 is 9.47 Å². The number of carbonyl (C=O) groups is 2. The molecule has 1 N–H and O–H groups in total. The molecule has 0 spiro atoms. The predicted molar refractivity (Wildman–Crippen MR) is 139 cm³/mol. The van der Waals surface area contributed by atoms with Crippen LogP contribution in [0.5, 0.6) is 11.6 Å². The van der Waals surface area contributed by atoms with Crippen molar-refractivity contribution in [3.8, 4) is 17.7 Å². The summed E-state index contributed by atoms with van der Waals surface area (Å²) in [6.07, 6.45) is -1.89. The summed E-state index contributed by atoms with van der Waals surface area (Å²) in [5, 5.41) is 20.0. The molecular formula is C28H33F3N4O5. The number of piperidine rings is 1. The summed E-state index contributed by atoms with van der Waals surface area (Å²) >= 11 is 0. The largest absolute Gasteiger partial charge is 0.497 e. The maximum absolute atomic E-state index is 14.0. The zero-order chi connectivity index (χ0) is 29.5. The van der Waals surface area contributed by atoms with Crippen LogP contribution in [0.1, 0.15) is 53.7 Å². The lowest BCUT2D eigenvalue weighted by molar-refractivity contribution is -0.262. The highest BCUT2D eigenvalue weighted by Gasteiger charge is 2.62. The van der Waals surface area contributed by atoms with Crippen molar-refractivity contribution >= 4 is 11.8 Å². The van der Waals surface area contributed by atoms with Crippen LogP contribution in [0.15, 0.2) is 36.4 Å². The van der Waals surface area contributed by atoms with E-state index < -0.39 is 23.2 Å². The Morgan fingerprint density at radius 1 is 1.18 bits per heavy atom. The first-order chi connectivity index (χ1) is 18.9. The number of likely N-dealkylation sites (tertiary alicyclic amines) is 1. The van der Waals surface area contributed by atoms with Gasteiger partial charge in [-0.15, -0.1) is 0 Å². The van der Waals surface area contributed by atoms with Crippen molar-refractivity contribution in [1.29, 1.82) is 5.26 Å². The number of methoxy groups -OCH3 is 1. The average Bonchev–Trinajstić information content (AvgIpc) is 2.95. The molecule has 0 aliphatic carbocycles. The van der Waals surface area contributed by atoms with Gasteiger partial charge in [0.2, 0.25) is 5.88 Å². The molecule has 2 heterocycles. The third-order valence-corrected chi connectivity index (χ3v) is 6.98. The summed E-state index contributed by atoms with van der Waals surface area (Å²) in [7, 11) is 4.46. The molecule has 1 aromatic heterocycles. The van der Waals surface area contributed by atoms with Gasteiger partial charge in [0.1, 0.15) is 11.8 Å². The molecule has 1 aliphatic rings. The summed E-state index contributed by atoms with van der Waals surface area (Å²) in [5.41, 5.74) is -4.06. The van der Waals surface area contributed by atoms with Crippen molar-refractivity contribution in [3.63, 3.8) is 0 Å². The van der Waals surface area contributed by atoms with E-state index in [1.54, 1.807) is 14.1 Å². The van der Waals surface area contributed by atoms with E-state index in [0.29, 0.717) is 25.9 Å². The molecule has 3 rings (SSSR count). The van der Waals surface area contributed by atoms with Crippen molar-refractivity contribution < 1.29 is 37.3 Å². The number of aliphatic hydroxyl groups is 1. The Labute approximate surface area is 231 Å². The Balaban J connectivity index is 1.49. The molecule has 1 fully saturated rings.